The van der Waals surface area contributed by atoms with E-state index in [1.54, 1.807) is 17.9 Å². The standard InChI is InChI=1S/C25H28N4O3S/c1-32-20-11-9-18(10-12-20)13-15-27-23(30)17-33-24-21-7-2-3-8-22(21)29(25(31)28-24)16-19-6-4-5-14-26-19/h4-6,9-12,14H,2-3,7-8,13,15-17H2,1H3,(H,27,30). The fourth-order valence-corrected chi connectivity index (χ4v) is 4.91. The Hall–Kier alpha value is -3.13. The van der Waals surface area contributed by atoms with E-state index in [1.807, 2.05) is 42.5 Å². The van der Waals surface area contributed by atoms with E-state index in [4.69, 9.17) is 4.74 Å². The van der Waals surface area contributed by atoms with E-state index in [2.05, 4.69) is 15.3 Å². The number of amides is 1. The van der Waals surface area contributed by atoms with Gasteiger partial charge in [-0.3, -0.25) is 14.3 Å². The van der Waals surface area contributed by atoms with E-state index in [0.29, 0.717) is 18.1 Å². The number of carbonyl (C=O) groups is 1. The Morgan fingerprint density at radius 3 is 2.73 bits per heavy atom. The lowest BCUT2D eigenvalue weighted by molar-refractivity contribution is -0.118. The molecule has 0 atom stereocenters. The molecule has 8 heteroatoms. The molecule has 0 aliphatic heterocycles. The monoisotopic (exact) mass is 464 g/mol. The van der Waals surface area contributed by atoms with Crippen molar-refractivity contribution in [1.82, 2.24) is 19.9 Å². The average molecular weight is 465 g/mol. The number of thioether (sulfide) groups is 1. The lowest BCUT2D eigenvalue weighted by Crippen LogP contribution is -2.31. The predicted molar refractivity (Wildman–Crippen MR) is 129 cm³/mol. The van der Waals surface area contributed by atoms with Crippen LogP contribution in [0.25, 0.3) is 0 Å². The summed E-state index contributed by atoms with van der Waals surface area (Å²) in [6.07, 6.45) is 6.33. The molecule has 3 aromatic rings. The molecule has 0 saturated carbocycles. The normalized spacial score (nSPS) is 12.8. The quantitative estimate of drug-likeness (QED) is 0.387. The highest BCUT2D eigenvalue weighted by Crippen LogP contribution is 2.28. The number of ether oxygens (including phenoxy) is 1. The summed E-state index contributed by atoms with van der Waals surface area (Å²) >= 11 is 1.35. The van der Waals surface area contributed by atoms with Crippen molar-refractivity contribution < 1.29 is 9.53 Å². The number of nitrogens with one attached hydrogen (secondary N) is 1. The first-order valence-electron chi connectivity index (χ1n) is 11.2. The number of methoxy groups -OCH3 is 1. The number of rotatable bonds is 9. The third-order valence-corrected chi connectivity index (χ3v) is 6.75. The number of nitrogens with zero attached hydrogens (tertiary/aromatic N) is 3. The van der Waals surface area contributed by atoms with Crippen LogP contribution in [0.1, 0.15) is 35.4 Å². The molecule has 0 fully saturated rings. The number of carbonyl (C=O) groups excluding carboxylic acids is 1. The highest BCUT2D eigenvalue weighted by atomic mass is 32.2. The molecule has 0 unspecified atom stereocenters. The van der Waals surface area contributed by atoms with Crippen molar-refractivity contribution in [3.63, 3.8) is 0 Å². The van der Waals surface area contributed by atoms with E-state index in [0.717, 1.165) is 60.4 Å². The molecule has 172 valence electrons. The predicted octanol–water partition coefficient (Wildman–Crippen LogP) is 3.03. The largest absolute Gasteiger partial charge is 0.497 e. The second kappa shape index (κ2) is 11.1. The Kier molecular flexibility index (Phi) is 7.78. The van der Waals surface area contributed by atoms with Crippen LogP contribution in [0, 0.1) is 0 Å². The summed E-state index contributed by atoms with van der Waals surface area (Å²) in [6, 6.07) is 13.5. The zero-order valence-corrected chi connectivity index (χ0v) is 19.6. The Morgan fingerprint density at radius 1 is 1.15 bits per heavy atom. The van der Waals surface area contributed by atoms with E-state index < -0.39 is 0 Å². The van der Waals surface area contributed by atoms with E-state index >= 15 is 0 Å². The maximum absolute atomic E-state index is 12.8. The topological polar surface area (TPSA) is 86.1 Å². The lowest BCUT2D eigenvalue weighted by Gasteiger charge is -2.22. The van der Waals surface area contributed by atoms with Crippen LogP contribution >= 0.6 is 11.8 Å². The molecular weight excluding hydrogens is 436 g/mol. The first-order valence-corrected chi connectivity index (χ1v) is 12.2. The van der Waals surface area contributed by atoms with Crippen molar-refractivity contribution in [1.29, 1.82) is 0 Å². The molecule has 0 saturated heterocycles. The van der Waals surface area contributed by atoms with Gasteiger partial charge in [-0.25, -0.2) is 4.79 Å². The van der Waals surface area contributed by atoms with Crippen LogP contribution < -0.4 is 15.7 Å². The molecule has 0 spiro atoms. The van der Waals surface area contributed by atoms with Gasteiger partial charge in [0.25, 0.3) is 0 Å². The molecule has 0 bridgehead atoms. The van der Waals surface area contributed by atoms with Gasteiger partial charge in [0, 0.05) is 24.0 Å². The van der Waals surface area contributed by atoms with Crippen molar-refractivity contribution in [3.8, 4) is 5.75 Å². The highest BCUT2D eigenvalue weighted by Gasteiger charge is 2.21. The van der Waals surface area contributed by atoms with Crippen molar-refractivity contribution in [2.45, 2.75) is 43.7 Å². The molecule has 1 amide bonds. The van der Waals surface area contributed by atoms with Crippen molar-refractivity contribution >= 4 is 17.7 Å². The smallest absolute Gasteiger partial charge is 0.349 e. The maximum Gasteiger partial charge on any atom is 0.349 e. The SMILES string of the molecule is COc1ccc(CCNC(=O)CSc2nc(=O)n(Cc3ccccn3)c3c2CCCC3)cc1. The fraction of sp³-hybridized carbons (Fsp3) is 0.360. The van der Waals surface area contributed by atoms with Crippen LogP contribution in [0.4, 0.5) is 0 Å². The molecule has 7 nitrogen and oxygen atoms in total. The van der Waals surface area contributed by atoms with Crippen molar-refractivity contribution in [3.05, 3.63) is 81.7 Å². The molecule has 1 N–H and O–H groups in total. The minimum atomic E-state index is -0.274. The fourth-order valence-electron chi connectivity index (χ4n) is 4.01. The molecule has 33 heavy (non-hydrogen) atoms. The summed E-state index contributed by atoms with van der Waals surface area (Å²) in [6.45, 7) is 0.981. The van der Waals surface area contributed by atoms with Crippen molar-refractivity contribution in [2.24, 2.45) is 0 Å². The lowest BCUT2D eigenvalue weighted by atomic mass is 9.97. The third kappa shape index (κ3) is 6.01. The van der Waals surface area contributed by atoms with Gasteiger partial charge in [-0.1, -0.05) is 30.0 Å². The van der Waals surface area contributed by atoms with Gasteiger partial charge in [0.05, 0.1) is 25.1 Å². The second-order valence-corrected chi connectivity index (χ2v) is 8.94. The van der Waals surface area contributed by atoms with Gasteiger partial charge in [-0.2, -0.15) is 4.98 Å². The number of aromatic nitrogens is 3. The van der Waals surface area contributed by atoms with E-state index in [9.17, 15) is 9.59 Å². The summed E-state index contributed by atoms with van der Waals surface area (Å²) < 4.78 is 6.91. The molecule has 2 aromatic heterocycles. The van der Waals surface area contributed by atoms with Crippen LogP contribution in [0.3, 0.4) is 0 Å². The van der Waals surface area contributed by atoms with Gasteiger partial charge in [0.15, 0.2) is 0 Å². The highest BCUT2D eigenvalue weighted by molar-refractivity contribution is 7.99. The molecular formula is C25H28N4O3S. The Labute approximate surface area is 197 Å². The van der Waals surface area contributed by atoms with Gasteiger partial charge >= 0.3 is 5.69 Å². The van der Waals surface area contributed by atoms with Gasteiger partial charge in [-0.05, 0) is 61.9 Å². The molecule has 2 heterocycles. The molecule has 1 aromatic carbocycles. The van der Waals surface area contributed by atoms with Gasteiger partial charge in [0.2, 0.25) is 5.91 Å². The zero-order chi connectivity index (χ0) is 23.0. The number of benzene rings is 1. The summed E-state index contributed by atoms with van der Waals surface area (Å²) in [5.74, 6) is 1.00. The van der Waals surface area contributed by atoms with Crippen molar-refractivity contribution in [2.75, 3.05) is 19.4 Å². The number of pyridine rings is 1. The average Bonchev–Trinajstić information content (AvgIpc) is 2.86. The zero-order valence-electron chi connectivity index (χ0n) is 18.8. The molecule has 1 aliphatic carbocycles. The minimum absolute atomic E-state index is 0.0578. The van der Waals surface area contributed by atoms with E-state index in [-0.39, 0.29) is 17.3 Å². The Bertz CT molecular complexity index is 1150. The van der Waals surface area contributed by atoms with Crippen LogP contribution in [-0.4, -0.2) is 39.8 Å². The summed E-state index contributed by atoms with van der Waals surface area (Å²) in [4.78, 5) is 33.9. The Morgan fingerprint density at radius 2 is 1.97 bits per heavy atom. The first kappa shape index (κ1) is 23.0. The van der Waals surface area contributed by atoms with Crippen LogP contribution in [0.15, 0.2) is 58.5 Å². The second-order valence-electron chi connectivity index (χ2n) is 7.98. The van der Waals surface area contributed by atoms with Crippen LogP contribution in [0.5, 0.6) is 5.75 Å². The van der Waals surface area contributed by atoms with Gasteiger partial charge in [0.1, 0.15) is 10.8 Å². The number of fused-ring (bicyclic) bond motifs is 1. The molecule has 4 rings (SSSR count). The summed E-state index contributed by atoms with van der Waals surface area (Å²) in [5.41, 5.74) is 3.84. The van der Waals surface area contributed by atoms with Gasteiger partial charge < -0.3 is 10.1 Å². The Balaban J connectivity index is 1.38. The number of hydrogen-bond acceptors (Lipinski definition) is 6. The summed E-state index contributed by atoms with van der Waals surface area (Å²) in [5, 5.41) is 3.65. The minimum Gasteiger partial charge on any atom is -0.497 e. The first-order chi connectivity index (χ1) is 16.1. The summed E-state index contributed by atoms with van der Waals surface area (Å²) in [7, 11) is 1.64. The van der Waals surface area contributed by atoms with E-state index in [1.165, 1.54) is 11.8 Å². The van der Waals surface area contributed by atoms with Gasteiger partial charge in [-0.15, -0.1) is 0 Å². The molecule has 1 aliphatic rings. The number of hydrogen-bond donors (Lipinski definition) is 1. The van der Waals surface area contributed by atoms with Crippen LogP contribution in [-0.2, 0) is 30.6 Å². The van der Waals surface area contributed by atoms with Crippen LogP contribution in [0.2, 0.25) is 0 Å². The molecule has 0 radical (unpaired) electrons. The third-order valence-electron chi connectivity index (χ3n) is 5.73. The maximum atomic E-state index is 12.8.